The van der Waals surface area contributed by atoms with E-state index in [2.05, 4.69) is 15.9 Å². The molecule has 1 aromatic carbocycles. The SMILES string of the molecule is O=C(CS(=O)c1cccc(Cl)c1)c1ccc(Br)s1. The van der Waals surface area contributed by atoms with E-state index < -0.39 is 10.8 Å². The minimum atomic E-state index is -1.36. The molecule has 0 aliphatic carbocycles. The van der Waals surface area contributed by atoms with E-state index in [9.17, 15) is 9.00 Å². The number of hydrogen-bond acceptors (Lipinski definition) is 3. The van der Waals surface area contributed by atoms with Crippen LogP contribution in [0.4, 0.5) is 0 Å². The molecule has 1 unspecified atom stereocenters. The predicted molar refractivity (Wildman–Crippen MR) is 79.1 cm³/mol. The van der Waals surface area contributed by atoms with E-state index in [0.717, 1.165) is 3.79 Å². The first-order valence-electron chi connectivity index (χ1n) is 4.99. The van der Waals surface area contributed by atoms with Crippen LogP contribution in [0.1, 0.15) is 9.67 Å². The van der Waals surface area contributed by atoms with E-state index in [-0.39, 0.29) is 11.5 Å². The summed E-state index contributed by atoms with van der Waals surface area (Å²) in [7, 11) is -1.36. The summed E-state index contributed by atoms with van der Waals surface area (Å²) < 4.78 is 12.9. The summed E-state index contributed by atoms with van der Waals surface area (Å²) in [5.74, 6) is -0.142. The third kappa shape index (κ3) is 3.51. The molecule has 1 aromatic heterocycles. The highest BCUT2D eigenvalue weighted by atomic mass is 79.9. The van der Waals surface area contributed by atoms with Gasteiger partial charge in [0.25, 0.3) is 0 Å². The van der Waals surface area contributed by atoms with Crippen LogP contribution in [0.25, 0.3) is 0 Å². The number of carbonyl (C=O) groups excluding carboxylic acids is 1. The molecule has 18 heavy (non-hydrogen) atoms. The van der Waals surface area contributed by atoms with Crippen LogP contribution in [0.2, 0.25) is 5.02 Å². The third-order valence-electron chi connectivity index (χ3n) is 2.17. The van der Waals surface area contributed by atoms with E-state index >= 15 is 0 Å². The van der Waals surface area contributed by atoms with Gasteiger partial charge in [0.2, 0.25) is 0 Å². The standard InChI is InChI=1S/C12H8BrClO2S2/c13-12-5-4-11(17-12)10(15)7-18(16)9-3-1-2-8(14)6-9/h1-6H,7H2. The lowest BCUT2D eigenvalue weighted by atomic mass is 10.3. The maximum atomic E-state index is 12.0. The number of rotatable bonds is 4. The third-order valence-corrected chi connectivity index (χ3v) is 5.37. The molecule has 2 aromatic rings. The molecular formula is C12H8BrClO2S2. The van der Waals surface area contributed by atoms with E-state index in [1.807, 2.05) is 0 Å². The molecule has 0 spiro atoms. The topological polar surface area (TPSA) is 34.1 Å². The Balaban J connectivity index is 2.10. The highest BCUT2D eigenvalue weighted by Crippen LogP contribution is 2.23. The molecule has 1 atom stereocenters. The van der Waals surface area contributed by atoms with Crippen LogP contribution >= 0.6 is 38.9 Å². The highest BCUT2D eigenvalue weighted by molar-refractivity contribution is 9.11. The molecule has 0 amide bonds. The zero-order valence-electron chi connectivity index (χ0n) is 9.06. The molecule has 0 aliphatic rings. The van der Waals surface area contributed by atoms with Crippen LogP contribution in [-0.2, 0) is 10.8 Å². The smallest absolute Gasteiger partial charge is 0.185 e. The van der Waals surface area contributed by atoms with Crippen LogP contribution in [0.3, 0.4) is 0 Å². The van der Waals surface area contributed by atoms with Crippen LogP contribution in [-0.4, -0.2) is 15.7 Å². The van der Waals surface area contributed by atoms with Crippen molar-refractivity contribution < 1.29 is 9.00 Å². The van der Waals surface area contributed by atoms with Crippen molar-refractivity contribution >= 4 is 55.5 Å². The molecule has 0 saturated heterocycles. The predicted octanol–water partition coefficient (Wildman–Crippen LogP) is 4.15. The van der Waals surface area contributed by atoms with Crippen molar-refractivity contribution in [1.82, 2.24) is 0 Å². The van der Waals surface area contributed by atoms with Gasteiger partial charge >= 0.3 is 0 Å². The molecule has 0 saturated carbocycles. The summed E-state index contributed by atoms with van der Waals surface area (Å²) in [5.41, 5.74) is 0. The minimum absolute atomic E-state index is 0.0205. The van der Waals surface area contributed by atoms with Crippen molar-refractivity contribution in [3.63, 3.8) is 0 Å². The average molecular weight is 364 g/mol. The molecule has 0 aliphatic heterocycles. The molecular weight excluding hydrogens is 356 g/mol. The second kappa shape index (κ2) is 6.10. The number of Topliss-reactive ketones (excluding diaryl/α,β-unsaturated/α-hetero) is 1. The lowest BCUT2D eigenvalue weighted by molar-refractivity contribution is 0.102. The van der Waals surface area contributed by atoms with Gasteiger partial charge in [0.15, 0.2) is 5.78 Å². The van der Waals surface area contributed by atoms with Crippen molar-refractivity contribution in [3.8, 4) is 0 Å². The number of hydrogen-bond donors (Lipinski definition) is 0. The Bertz CT molecular complexity index is 610. The van der Waals surface area contributed by atoms with E-state index in [1.54, 1.807) is 36.4 Å². The maximum absolute atomic E-state index is 12.0. The Kier molecular flexibility index (Phi) is 4.72. The zero-order chi connectivity index (χ0) is 13.1. The second-order valence-electron chi connectivity index (χ2n) is 3.47. The molecule has 0 N–H and O–H groups in total. The lowest BCUT2D eigenvalue weighted by Gasteiger charge is -2.01. The van der Waals surface area contributed by atoms with Gasteiger partial charge in [-0.25, -0.2) is 0 Å². The fraction of sp³-hybridized carbons (Fsp3) is 0.0833. The zero-order valence-corrected chi connectivity index (χ0v) is 13.0. The average Bonchev–Trinajstić information content (AvgIpc) is 2.76. The number of halogens is 2. The quantitative estimate of drug-likeness (QED) is 0.765. The summed E-state index contributed by atoms with van der Waals surface area (Å²) in [5, 5.41) is 0.521. The van der Waals surface area contributed by atoms with Gasteiger partial charge in [0, 0.05) is 9.92 Å². The van der Waals surface area contributed by atoms with Crippen molar-refractivity contribution in [2.75, 3.05) is 5.75 Å². The number of ketones is 1. The molecule has 2 nitrogen and oxygen atoms in total. The normalized spacial score (nSPS) is 12.3. The summed E-state index contributed by atoms with van der Waals surface area (Å²) in [4.78, 5) is 13.1. The molecule has 1 heterocycles. The summed E-state index contributed by atoms with van der Waals surface area (Å²) >= 11 is 10.5. The van der Waals surface area contributed by atoms with Gasteiger partial charge in [-0.15, -0.1) is 11.3 Å². The van der Waals surface area contributed by atoms with E-state index in [1.165, 1.54) is 11.3 Å². The molecule has 0 fully saturated rings. The molecule has 0 radical (unpaired) electrons. The summed E-state index contributed by atoms with van der Waals surface area (Å²) in [6.07, 6.45) is 0. The largest absolute Gasteiger partial charge is 0.292 e. The van der Waals surface area contributed by atoms with Gasteiger partial charge < -0.3 is 0 Å². The lowest BCUT2D eigenvalue weighted by Crippen LogP contribution is -2.09. The first-order chi connectivity index (χ1) is 8.56. The Morgan fingerprint density at radius 1 is 1.33 bits per heavy atom. The Labute approximate surface area is 125 Å². The van der Waals surface area contributed by atoms with Crippen molar-refractivity contribution in [2.24, 2.45) is 0 Å². The first-order valence-corrected chi connectivity index (χ1v) is 8.29. The summed E-state index contributed by atoms with van der Waals surface area (Å²) in [6, 6.07) is 10.3. The van der Waals surface area contributed by atoms with Crippen molar-refractivity contribution in [1.29, 1.82) is 0 Å². The monoisotopic (exact) mass is 362 g/mol. The van der Waals surface area contributed by atoms with E-state index in [4.69, 9.17) is 11.6 Å². The maximum Gasteiger partial charge on any atom is 0.185 e. The molecule has 94 valence electrons. The van der Waals surface area contributed by atoms with Gasteiger partial charge in [-0.2, -0.15) is 0 Å². The molecule has 6 heteroatoms. The van der Waals surface area contributed by atoms with Crippen LogP contribution < -0.4 is 0 Å². The minimum Gasteiger partial charge on any atom is -0.292 e. The van der Waals surface area contributed by atoms with Gasteiger partial charge in [0.1, 0.15) is 0 Å². The first kappa shape index (κ1) is 13.9. The van der Waals surface area contributed by atoms with Crippen LogP contribution in [0.15, 0.2) is 45.1 Å². The number of benzene rings is 1. The summed E-state index contributed by atoms with van der Waals surface area (Å²) in [6.45, 7) is 0. The fourth-order valence-corrected chi connectivity index (χ4v) is 4.07. The van der Waals surface area contributed by atoms with Crippen molar-refractivity contribution in [3.05, 3.63) is 50.1 Å². The van der Waals surface area contributed by atoms with Gasteiger partial charge in [0.05, 0.1) is 25.2 Å². The number of thiophene rings is 1. The van der Waals surface area contributed by atoms with E-state index in [0.29, 0.717) is 14.8 Å². The molecule has 0 bridgehead atoms. The van der Waals surface area contributed by atoms with Gasteiger partial charge in [-0.1, -0.05) is 17.7 Å². The Morgan fingerprint density at radius 2 is 2.11 bits per heavy atom. The second-order valence-corrected chi connectivity index (χ2v) is 7.82. The van der Waals surface area contributed by atoms with Gasteiger partial charge in [-0.3, -0.25) is 9.00 Å². The Morgan fingerprint density at radius 3 is 2.72 bits per heavy atom. The van der Waals surface area contributed by atoms with Crippen molar-refractivity contribution in [2.45, 2.75) is 4.90 Å². The van der Waals surface area contributed by atoms with Gasteiger partial charge in [-0.05, 0) is 46.3 Å². The number of carbonyl (C=O) groups is 1. The Hall–Kier alpha value is -0.490. The fourth-order valence-electron chi connectivity index (χ4n) is 1.35. The molecule has 2 rings (SSSR count). The highest BCUT2D eigenvalue weighted by Gasteiger charge is 2.14. The van der Waals surface area contributed by atoms with Crippen LogP contribution in [0, 0.1) is 0 Å². The van der Waals surface area contributed by atoms with Crippen LogP contribution in [0.5, 0.6) is 0 Å².